The highest BCUT2D eigenvalue weighted by atomic mass is 16.7. The van der Waals surface area contributed by atoms with Crippen LogP contribution in [-0.2, 0) is 0 Å². The van der Waals surface area contributed by atoms with Crippen molar-refractivity contribution in [1.82, 2.24) is 0 Å². The zero-order valence-electron chi connectivity index (χ0n) is 4.73. The van der Waals surface area contributed by atoms with E-state index in [0.717, 1.165) is 0 Å². The van der Waals surface area contributed by atoms with E-state index in [2.05, 4.69) is 0 Å². The molecule has 5 nitrogen and oxygen atoms in total. The minimum Gasteiger partial charge on any atom is -0.396 e. The van der Waals surface area contributed by atoms with E-state index in [0.29, 0.717) is 0 Å². The maximum absolute atomic E-state index is 8.48. The lowest BCUT2D eigenvalue weighted by atomic mass is 10.2. The second kappa shape index (κ2) is 3.09. The van der Waals surface area contributed by atoms with Crippen LogP contribution in [0.15, 0.2) is 0 Å². The quantitative estimate of drug-likeness (QED) is 0.274. The zero-order valence-corrected chi connectivity index (χ0v) is 4.73. The molecule has 0 amide bonds. The summed E-state index contributed by atoms with van der Waals surface area (Å²) in [6, 6.07) is 0. The van der Waals surface area contributed by atoms with Crippen LogP contribution in [0.4, 0.5) is 0 Å². The molecule has 56 valence electrons. The van der Waals surface area contributed by atoms with E-state index in [4.69, 9.17) is 25.5 Å². The first-order valence-electron chi connectivity index (χ1n) is 2.44. The molecule has 0 aromatic heterocycles. The normalized spacial score (nSPS) is 15.7. The largest absolute Gasteiger partial charge is 0.396 e. The summed E-state index contributed by atoms with van der Waals surface area (Å²) in [5, 5.41) is 41.1. The lowest BCUT2D eigenvalue weighted by Crippen LogP contribution is -2.42. The molecular formula is C4H10O5. The van der Waals surface area contributed by atoms with Crippen LogP contribution in [-0.4, -0.2) is 44.2 Å². The highest BCUT2D eigenvalue weighted by molar-refractivity contribution is 4.61. The van der Waals surface area contributed by atoms with Crippen molar-refractivity contribution in [3.63, 3.8) is 0 Å². The van der Waals surface area contributed by atoms with Crippen LogP contribution >= 0.6 is 0 Å². The van der Waals surface area contributed by atoms with Crippen molar-refractivity contribution < 1.29 is 25.5 Å². The number of hydrogen-bond donors (Lipinski definition) is 5. The van der Waals surface area contributed by atoms with Gasteiger partial charge < -0.3 is 25.5 Å². The molecule has 0 aliphatic rings. The van der Waals surface area contributed by atoms with Gasteiger partial charge in [0, 0.05) is 13.0 Å². The minimum atomic E-state index is -3.09. The van der Waals surface area contributed by atoms with Crippen LogP contribution in [0.5, 0.6) is 0 Å². The molecule has 0 fully saturated rings. The van der Waals surface area contributed by atoms with Gasteiger partial charge in [0.15, 0.2) is 0 Å². The van der Waals surface area contributed by atoms with Gasteiger partial charge in [-0.1, -0.05) is 0 Å². The molecule has 0 saturated carbocycles. The first kappa shape index (κ1) is 8.80. The Morgan fingerprint density at radius 2 is 1.67 bits per heavy atom. The van der Waals surface area contributed by atoms with Gasteiger partial charge in [-0.25, -0.2) is 0 Å². The Morgan fingerprint density at radius 3 is 1.78 bits per heavy atom. The predicted octanol–water partition coefficient (Wildman–Crippen LogP) is -2.64. The molecule has 0 radical (unpaired) electrons. The number of aliphatic hydroxyl groups excluding tert-OH is 2. The molecule has 0 saturated heterocycles. The highest BCUT2D eigenvalue weighted by Gasteiger charge is 2.29. The van der Waals surface area contributed by atoms with Crippen LogP contribution in [0.3, 0.4) is 0 Å². The summed E-state index contributed by atoms with van der Waals surface area (Å²) in [6.45, 7) is -0.412. The van der Waals surface area contributed by atoms with Crippen LogP contribution < -0.4 is 0 Å². The average Bonchev–Trinajstić information content (AvgIpc) is 1.64. The Balaban J connectivity index is 3.59. The van der Waals surface area contributed by atoms with Crippen LogP contribution in [0.1, 0.15) is 6.42 Å². The third kappa shape index (κ3) is 3.39. The molecule has 5 N–H and O–H groups in total. The Hall–Kier alpha value is -0.200. The van der Waals surface area contributed by atoms with Crippen molar-refractivity contribution >= 4 is 0 Å². The fraction of sp³-hybridized carbons (Fsp3) is 1.00. The molecule has 0 aromatic rings. The molecule has 9 heavy (non-hydrogen) atoms. The summed E-state index contributed by atoms with van der Waals surface area (Å²) in [7, 11) is 0. The minimum absolute atomic E-state index is 0.274. The van der Waals surface area contributed by atoms with Crippen LogP contribution in [0.25, 0.3) is 0 Å². The van der Waals surface area contributed by atoms with E-state index < -0.39 is 18.7 Å². The van der Waals surface area contributed by atoms with Gasteiger partial charge in [-0.2, -0.15) is 0 Å². The van der Waals surface area contributed by atoms with Crippen molar-refractivity contribution in [2.24, 2.45) is 0 Å². The van der Waals surface area contributed by atoms with Gasteiger partial charge in [0.1, 0.15) is 6.10 Å². The molecular weight excluding hydrogens is 128 g/mol. The second-order valence-electron chi connectivity index (χ2n) is 1.72. The van der Waals surface area contributed by atoms with Gasteiger partial charge in [-0.15, -0.1) is 0 Å². The standard InChI is InChI=1S/C4H10O5/c5-2-1-3(6)4(7,8)9/h3,5-9H,1-2H2. The summed E-state index contributed by atoms with van der Waals surface area (Å²) < 4.78 is 0. The fourth-order valence-corrected chi connectivity index (χ4v) is 0.316. The second-order valence-corrected chi connectivity index (χ2v) is 1.72. The molecule has 0 aromatic carbocycles. The lowest BCUT2D eigenvalue weighted by molar-refractivity contribution is -0.356. The summed E-state index contributed by atoms with van der Waals surface area (Å²) in [5.74, 6) is -3.09. The smallest absolute Gasteiger partial charge is 0.303 e. The Kier molecular flexibility index (Phi) is 3.02. The highest BCUT2D eigenvalue weighted by Crippen LogP contribution is 2.04. The maximum atomic E-state index is 8.48. The van der Waals surface area contributed by atoms with Crippen LogP contribution in [0.2, 0.25) is 0 Å². The molecule has 0 aliphatic carbocycles. The molecule has 0 rings (SSSR count). The van der Waals surface area contributed by atoms with E-state index in [1.807, 2.05) is 0 Å². The van der Waals surface area contributed by atoms with E-state index in [1.165, 1.54) is 0 Å². The monoisotopic (exact) mass is 138 g/mol. The average molecular weight is 138 g/mol. The summed E-state index contributed by atoms with van der Waals surface area (Å²) in [4.78, 5) is 0. The molecule has 0 heterocycles. The SMILES string of the molecule is OCCC(O)C(O)(O)O. The van der Waals surface area contributed by atoms with Crippen LogP contribution in [0, 0.1) is 0 Å². The number of hydrogen-bond acceptors (Lipinski definition) is 5. The lowest BCUT2D eigenvalue weighted by Gasteiger charge is -2.19. The van der Waals surface area contributed by atoms with E-state index >= 15 is 0 Å². The molecule has 0 bridgehead atoms. The topological polar surface area (TPSA) is 101 Å². The van der Waals surface area contributed by atoms with Crippen molar-refractivity contribution in [2.45, 2.75) is 18.5 Å². The predicted molar refractivity (Wildman–Crippen MR) is 27.1 cm³/mol. The Labute approximate surface area is 51.8 Å². The third-order valence-corrected chi connectivity index (χ3v) is 0.850. The van der Waals surface area contributed by atoms with Gasteiger partial charge in [0.05, 0.1) is 0 Å². The Morgan fingerprint density at radius 1 is 1.22 bits per heavy atom. The fourth-order valence-electron chi connectivity index (χ4n) is 0.316. The zero-order chi connectivity index (χ0) is 7.49. The van der Waals surface area contributed by atoms with Gasteiger partial charge in [-0.05, 0) is 0 Å². The summed E-state index contributed by atoms with van der Waals surface area (Å²) in [6.07, 6.45) is -1.99. The van der Waals surface area contributed by atoms with Crippen molar-refractivity contribution in [3.8, 4) is 0 Å². The number of rotatable bonds is 3. The van der Waals surface area contributed by atoms with E-state index in [9.17, 15) is 0 Å². The molecule has 0 spiro atoms. The van der Waals surface area contributed by atoms with Crippen molar-refractivity contribution in [1.29, 1.82) is 0 Å². The van der Waals surface area contributed by atoms with E-state index in [1.54, 1.807) is 0 Å². The van der Waals surface area contributed by atoms with Gasteiger partial charge in [0.25, 0.3) is 0 Å². The summed E-state index contributed by atoms with van der Waals surface area (Å²) in [5.41, 5.74) is 0. The van der Waals surface area contributed by atoms with Gasteiger partial charge in [0.2, 0.25) is 0 Å². The maximum Gasteiger partial charge on any atom is 0.303 e. The molecule has 5 heteroatoms. The van der Waals surface area contributed by atoms with Gasteiger partial charge >= 0.3 is 5.97 Å². The first-order valence-corrected chi connectivity index (χ1v) is 2.44. The Bertz CT molecular complexity index is 75.5. The third-order valence-electron chi connectivity index (χ3n) is 0.850. The molecule has 1 unspecified atom stereocenters. The molecule has 1 atom stereocenters. The van der Waals surface area contributed by atoms with Gasteiger partial charge in [-0.3, -0.25) is 0 Å². The number of aliphatic hydroxyl groups is 5. The summed E-state index contributed by atoms with van der Waals surface area (Å²) >= 11 is 0. The first-order chi connectivity index (χ1) is 3.98. The van der Waals surface area contributed by atoms with Crippen molar-refractivity contribution in [2.75, 3.05) is 6.61 Å². The molecule has 0 aliphatic heterocycles. The van der Waals surface area contributed by atoms with E-state index in [-0.39, 0.29) is 6.42 Å². The van der Waals surface area contributed by atoms with Crippen molar-refractivity contribution in [3.05, 3.63) is 0 Å².